The summed E-state index contributed by atoms with van der Waals surface area (Å²) in [6.07, 6.45) is 33.0. The summed E-state index contributed by atoms with van der Waals surface area (Å²) in [5.41, 5.74) is 0. The third kappa shape index (κ3) is 35.3. The molecule has 0 aliphatic rings. The van der Waals surface area contributed by atoms with Gasteiger partial charge in [0.05, 0.1) is 12.7 Å². The van der Waals surface area contributed by atoms with E-state index in [2.05, 4.69) is 31.4 Å². The lowest BCUT2D eigenvalue weighted by Crippen LogP contribution is -2.29. The van der Waals surface area contributed by atoms with Crippen molar-refractivity contribution in [1.82, 2.24) is 0 Å². The van der Waals surface area contributed by atoms with E-state index in [-0.39, 0.29) is 19.4 Å². The SMILES string of the molecule is CCCCC/C=C\C=C/[C@H](O)C/C=C\C/C=C/CCCC(=O)O[C@H](COC(=O)CCCCCCCCCCCC(C)C)COP(=O)(O)O. The molecule has 0 spiro atoms. The summed E-state index contributed by atoms with van der Waals surface area (Å²) < 4.78 is 26.2. The first-order valence-electron chi connectivity index (χ1n) is 18.4. The number of phosphoric ester groups is 1. The number of rotatable bonds is 32. The van der Waals surface area contributed by atoms with Crippen molar-refractivity contribution in [1.29, 1.82) is 0 Å². The molecule has 0 bridgehead atoms. The van der Waals surface area contributed by atoms with Crippen LogP contribution in [0.5, 0.6) is 0 Å². The number of phosphoric acid groups is 1. The van der Waals surface area contributed by atoms with Crippen LogP contribution >= 0.6 is 7.82 Å². The fourth-order valence-electron chi connectivity index (χ4n) is 4.81. The van der Waals surface area contributed by atoms with E-state index < -0.39 is 38.6 Å². The van der Waals surface area contributed by atoms with Gasteiger partial charge in [-0.1, -0.05) is 140 Å². The summed E-state index contributed by atoms with van der Waals surface area (Å²) in [4.78, 5) is 42.6. The van der Waals surface area contributed by atoms with Crippen LogP contribution in [0.2, 0.25) is 0 Å². The van der Waals surface area contributed by atoms with Crippen LogP contribution in [0, 0.1) is 5.92 Å². The zero-order valence-corrected chi connectivity index (χ0v) is 31.0. The maximum atomic E-state index is 12.3. The van der Waals surface area contributed by atoms with Gasteiger partial charge in [-0.2, -0.15) is 0 Å². The zero-order chi connectivity index (χ0) is 35.7. The summed E-state index contributed by atoms with van der Waals surface area (Å²) in [7, 11) is -4.78. The van der Waals surface area contributed by atoms with E-state index in [1.165, 1.54) is 57.8 Å². The molecule has 48 heavy (non-hydrogen) atoms. The Morgan fingerprint density at radius 3 is 2.00 bits per heavy atom. The second-order valence-corrected chi connectivity index (χ2v) is 14.1. The summed E-state index contributed by atoms with van der Waals surface area (Å²) >= 11 is 0. The van der Waals surface area contributed by atoms with Gasteiger partial charge in [0.25, 0.3) is 0 Å². The quantitative estimate of drug-likeness (QED) is 0.0206. The van der Waals surface area contributed by atoms with Crippen molar-refractivity contribution in [3.05, 3.63) is 48.6 Å². The van der Waals surface area contributed by atoms with Crippen molar-refractivity contribution < 1.29 is 43.0 Å². The number of allylic oxidation sites excluding steroid dienone is 6. The molecule has 0 aromatic heterocycles. The van der Waals surface area contributed by atoms with E-state index >= 15 is 0 Å². The van der Waals surface area contributed by atoms with Crippen molar-refractivity contribution in [2.75, 3.05) is 13.2 Å². The Kier molecular flexibility index (Phi) is 30.8. The van der Waals surface area contributed by atoms with Gasteiger partial charge >= 0.3 is 19.8 Å². The number of hydrogen-bond acceptors (Lipinski definition) is 7. The highest BCUT2D eigenvalue weighted by Crippen LogP contribution is 2.36. The van der Waals surface area contributed by atoms with Gasteiger partial charge in [0, 0.05) is 12.8 Å². The van der Waals surface area contributed by atoms with E-state index in [9.17, 15) is 19.3 Å². The number of hydrogen-bond donors (Lipinski definition) is 3. The molecule has 0 aliphatic heterocycles. The second-order valence-electron chi connectivity index (χ2n) is 12.9. The molecule has 0 aromatic rings. The average Bonchev–Trinajstić information content (AvgIpc) is 3.03. The number of ether oxygens (including phenoxy) is 2. The third-order valence-electron chi connectivity index (χ3n) is 7.61. The van der Waals surface area contributed by atoms with Crippen LogP contribution in [0.4, 0.5) is 0 Å². The first kappa shape index (κ1) is 46.0. The van der Waals surface area contributed by atoms with Crippen molar-refractivity contribution in [2.45, 2.75) is 161 Å². The Labute approximate surface area is 291 Å². The topological polar surface area (TPSA) is 140 Å². The van der Waals surface area contributed by atoms with Gasteiger partial charge in [-0.25, -0.2) is 4.57 Å². The number of esters is 2. The van der Waals surface area contributed by atoms with Gasteiger partial charge in [0.2, 0.25) is 0 Å². The predicted octanol–water partition coefficient (Wildman–Crippen LogP) is 9.61. The van der Waals surface area contributed by atoms with E-state index in [0.29, 0.717) is 32.1 Å². The van der Waals surface area contributed by atoms with Crippen LogP contribution in [0.3, 0.4) is 0 Å². The minimum atomic E-state index is -4.78. The maximum absolute atomic E-state index is 12.3. The lowest BCUT2D eigenvalue weighted by molar-refractivity contribution is -0.161. The zero-order valence-electron chi connectivity index (χ0n) is 30.1. The summed E-state index contributed by atoms with van der Waals surface area (Å²) in [5.74, 6) is -0.216. The monoisotopic (exact) mass is 698 g/mol. The van der Waals surface area contributed by atoms with Gasteiger partial charge in [0.1, 0.15) is 6.61 Å². The summed E-state index contributed by atoms with van der Waals surface area (Å²) in [6.45, 7) is 5.80. The molecule has 0 unspecified atom stereocenters. The van der Waals surface area contributed by atoms with E-state index in [0.717, 1.165) is 31.6 Å². The molecule has 0 aliphatic carbocycles. The summed E-state index contributed by atoms with van der Waals surface area (Å²) in [6, 6.07) is 0. The Morgan fingerprint density at radius 2 is 1.33 bits per heavy atom. The van der Waals surface area contributed by atoms with Gasteiger partial charge in [0.15, 0.2) is 6.10 Å². The van der Waals surface area contributed by atoms with Gasteiger partial charge in [-0.3, -0.25) is 14.1 Å². The van der Waals surface area contributed by atoms with Crippen molar-refractivity contribution in [3.63, 3.8) is 0 Å². The van der Waals surface area contributed by atoms with Crippen LogP contribution in [0.15, 0.2) is 48.6 Å². The van der Waals surface area contributed by atoms with Crippen LogP contribution < -0.4 is 0 Å². The highest BCUT2D eigenvalue weighted by atomic mass is 31.2. The fourth-order valence-corrected chi connectivity index (χ4v) is 5.17. The molecular formula is C38H67O9P. The standard InChI is InChI=1S/C38H67O9P/c1-4-5-6-7-12-18-23-28-35(39)29-24-19-14-11-16-21-26-31-38(41)47-36(33-46-48(42,43)44)32-45-37(40)30-25-20-15-10-8-9-13-17-22-27-34(2)3/h11-12,16,18-19,23-24,28,34-36,39H,4-10,13-15,17,20-22,25-27,29-33H2,1-3H3,(H2,42,43,44)/b16-11+,18-12-,24-19-,28-23-/t35-,36+/m0/s1. The Balaban J connectivity index is 4.17. The molecule has 2 atom stereocenters. The van der Waals surface area contributed by atoms with Crippen LogP contribution in [-0.4, -0.2) is 52.3 Å². The van der Waals surface area contributed by atoms with Crippen molar-refractivity contribution in [3.8, 4) is 0 Å². The molecule has 0 saturated carbocycles. The minimum absolute atomic E-state index is 0.101. The van der Waals surface area contributed by atoms with Crippen LogP contribution in [0.1, 0.15) is 149 Å². The normalized spacial score (nSPS) is 13.8. The first-order chi connectivity index (χ1) is 23.0. The van der Waals surface area contributed by atoms with Gasteiger partial charge in [-0.05, 0) is 50.9 Å². The molecular weight excluding hydrogens is 631 g/mol. The highest BCUT2D eigenvalue weighted by molar-refractivity contribution is 7.46. The van der Waals surface area contributed by atoms with Crippen LogP contribution in [-0.2, 0) is 28.2 Å². The molecule has 0 saturated heterocycles. The smallest absolute Gasteiger partial charge is 0.462 e. The lowest BCUT2D eigenvalue weighted by atomic mass is 10.0. The molecule has 0 heterocycles. The Hall–Kier alpha value is -2.03. The van der Waals surface area contributed by atoms with E-state index in [1.807, 2.05) is 36.5 Å². The Morgan fingerprint density at radius 1 is 0.708 bits per heavy atom. The number of aliphatic hydroxyl groups is 1. The van der Waals surface area contributed by atoms with E-state index in [4.69, 9.17) is 19.3 Å². The molecule has 0 rings (SSSR count). The van der Waals surface area contributed by atoms with Crippen LogP contribution in [0.25, 0.3) is 0 Å². The second kappa shape index (κ2) is 32.2. The van der Waals surface area contributed by atoms with Gasteiger partial charge < -0.3 is 24.4 Å². The maximum Gasteiger partial charge on any atom is 0.469 e. The third-order valence-corrected chi connectivity index (χ3v) is 8.09. The molecule has 278 valence electrons. The number of aliphatic hydroxyl groups excluding tert-OH is 1. The predicted molar refractivity (Wildman–Crippen MR) is 194 cm³/mol. The minimum Gasteiger partial charge on any atom is -0.462 e. The molecule has 0 aromatic carbocycles. The largest absolute Gasteiger partial charge is 0.469 e. The first-order valence-corrected chi connectivity index (χ1v) is 19.9. The number of carbonyl (C=O) groups excluding carboxylic acids is 2. The lowest BCUT2D eigenvalue weighted by Gasteiger charge is -2.18. The molecule has 0 radical (unpaired) electrons. The number of carbonyl (C=O) groups is 2. The van der Waals surface area contributed by atoms with Gasteiger partial charge in [-0.15, -0.1) is 0 Å². The molecule has 0 amide bonds. The molecule has 9 nitrogen and oxygen atoms in total. The fraction of sp³-hybridized carbons (Fsp3) is 0.737. The highest BCUT2D eigenvalue weighted by Gasteiger charge is 2.22. The Bertz CT molecular complexity index is 952. The van der Waals surface area contributed by atoms with Crippen molar-refractivity contribution in [2.24, 2.45) is 5.92 Å². The molecule has 3 N–H and O–H groups in total. The molecule has 10 heteroatoms. The number of unbranched alkanes of at least 4 members (excludes halogenated alkanes) is 12. The average molecular weight is 699 g/mol. The molecule has 0 fully saturated rings. The van der Waals surface area contributed by atoms with E-state index in [1.54, 1.807) is 6.08 Å². The summed E-state index contributed by atoms with van der Waals surface area (Å²) in [5, 5.41) is 10.0. The van der Waals surface area contributed by atoms with Crippen molar-refractivity contribution >= 4 is 19.8 Å².